The summed E-state index contributed by atoms with van der Waals surface area (Å²) in [4.78, 5) is 24.2. The molecule has 102 valence electrons. The van der Waals surface area contributed by atoms with Crippen molar-refractivity contribution in [1.82, 2.24) is 4.90 Å². The van der Waals surface area contributed by atoms with Crippen LogP contribution in [0, 0.1) is 5.92 Å². The summed E-state index contributed by atoms with van der Waals surface area (Å²) in [7, 11) is 0. The number of aliphatic carboxylic acids is 1. The van der Waals surface area contributed by atoms with Crippen molar-refractivity contribution in [2.45, 2.75) is 19.9 Å². The molecule has 0 bridgehead atoms. The van der Waals surface area contributed by atoms with E-state index in [1.807, 2.05) is 31.2 Å². The standard InChI is InChI=1S/C14H17NO4/c1-2-19-12-5-3-4-10(6-12)8-15-9-11(14(17)18)7-13(15)16/h3-6,11H,2,7-9H2,1H3,(H,17,18)/t11-/m1/s1. The molecule has 19 heavy (non-hydrogen) atoms. The minimum atomic E-state index is -0.904. The lowest BCUT2D eigenvalue weighted by atomic mass is 10.1. The molecule has 0 unspecified atom stereocenters. The normalized spacial score (nSPS) is 18.7. The van der Waals surface area contributed by atoms with Gasteiger partial charge >= 0.3 is 5.97 Å². The summed E-state index contributed by atoms with van der Waals surface area (Å²) >= 11 is 0. The molecular weight excluding hydrogens is 246 g/mol. The van der Waals surface area contributed by atoms with Gasteiger partial charge < -0.3 is 14.7 Å². The largest absolute Gasteiger partial charge is 0.494 e. The predicted molar refractivity (Wildman–Crippen MR) is 68.8 cm³/mol. The van der Waals surface area contributed by atoms with Gasteiger partial charge in [0.05, 0.1) is 12.5 Å². The number of carboxylic acids is 1. The molecule has 1 amide bonds. The van der Waals surface area contributed by atoms with Gasteiger partial charge in [-0.05, 0) is 24.6 Å². The molecule has 0 saturated carbocycles. The van der Waals surface area contributed by atoms with E-state index >= 15 is 0 Å². The van der Waals surface area contributed by atoms with Crippen molar-refractivity contribution in [1.29, 1.82) is 0 Å². The zero-order valence-electron chi connectivity index (χ0n) is 10.8. The van der Waals surface area contributed by atoms with Gasteiger partial charge in [0.25, 0.3) is 0 Å². The third-order valence-electron chi connectivity index (χ3n) is 3.15. The molecule has 0 aromatic heterocycles. The zero-order valence-corrected chi connectivity index (χ0v) is 10.8. The van der Waals surface area contributed by atoms with E-state index in [-0.39, 0.29) is 18.9 Å². The number of hydrogen-bond donors (Lipinski definition) is 1. The lowest BCUT2D eigenvalue weighted by Gasteiger charge is -2.16. The Bertz CT molecular complexity index is 486. The third kappa shape index (κ3) is 3.24. The van der Waals surface area contributed by atoms with Crippen LogP contribution < -0.4 is 4.74 Å². The van der Waals surface area contributed by atoms with E-state index in [1.54, 1.807) is 4.90 Å². The molecule has 1 heterocycles. The van der Waals surface area contributed by atoms with Gasteiger partial charge in [-0.2, -0.15) is 0 Å². The average molecular weight is 263 g/mol. The number of benzene rings is 1. The van der Waals surface area contributed by atoms with E-state index in [0.717, 1.165) is 11.3 Å². The summed E-state index contributed by atoms with van der Waals surface area (Å²) in [5.41, 5.74) is 0.949. The van der Waals surface area contributed by atoms with Crippen LogP contribution in [0.15, 0.2) is 24.3 Å². The molecule has 1 aliphatic rings. The van der Waals surface area contributed by atoms with E-state index in [9.17, 15) is 9.59 Å². The van der Waals surface area contributed by atoms with Crippen LogP contribution in [-0.2, 0) is 16.1 Å². The Labute approximate surface area is 111 Å². The number of hydrogen-bond acceptors (Lipinski definition) is 3. The number of carboxylic acid groups (broad SMARTS) is 1. The molecule has 1 saturated heterocycles. The van der Waals surface area contributed by atoms with Crippen LogP contribution >= 0.6 is 0 Å². The number of carbonyl (C=O) groups is 2. The second kappa shape index (κ2) is 5.73. The van der Waals surface area contributed by atoms with E-state index in [4.69, 9.17) is 9.84 Å². The van der Waals surface area contributed by atoms with Crippen molar-refractivity contribution in [2.75, 3.05) is 13.2 Å². The molecule has 1 aromatic carbocycles. The summed E-state index contributed by atoms with van der Waals surface area (Å²) in [6, 6.07) is 7.52. The van der Waals surface area contributed by atoms with Crippen molar-refractivity contribution in [3.63, 3.8) is 0 Å². The first-order valence-corrected chi connectivity index (χ1v) is 6.32. The van der Waals surface area contributed by atoms with Gasteiger partial charge in [-0.3, -0.25) is 9.59 Å². The van der Waals surface area contributed by atoms with Crippen LogP contribution in [-0.4, -0.2) is 35.0 Å². The molecule has 1 N–H and O–H groups in total. The van der Waals surface area contributed by atoms with Crippen molar-refractivity contribution in [3.8, 4) is 5.75 Å². The molecule has 5 nitrogen and oxygen atoms in total. The molecule has 1 aliphatic heterocycles. The van der Waals surface area contributed by atoms with Crippen LogP contribution in [0.1, 0.15) is 18.9 Å². The third-order valence-corrected chi connectivity index (χ3v) is 3.15. The zero-order chi connectivity index (χ0) is 13.8. The van der Waals surface area contributed by atoms with Crippen molar-refractivity contribution in [3.05, 3.63) is 29.8 Å². The Morgan fingerprint density at radius 3 is 2.95 bits per heavy atom. The maximum atomic E-state index is 11.7. The first-order chi connectivity index (χ1) is 9.10. The number of ether oxygens (including phenoxy) is 1. The summed E-state index contributed by atoms with van der Waals surface area (Å²) in [5.74, 6) is -0.822. The summed E-state index contributed by atoms with van der Waals surface area (Å²) < 4.78 is 5.40. The SMILES string of the molecule is CCOc1cccc(CN2C[C@H](C(=O)O)CC2=O)c1. The monoisotopic (exact) mass is 263 g/mol. The molecule has 0 aliphatic carbocycles. The molecule has 0 spiro atoms. The quantitative estimate of drug-likeness (QED) is 0.874. The van der Waals surface area contributed by atoms with Crippen molar-refractivity contribution in [2.24, 2.45) is 5.92 Å². The smallest absolute Gasteiger partial charge is 0.308 e. The van der Waals surface area contributed by atoms with Crippen LogP contribution in [0.5, 0.6) is 5.75 Å². The van der Waals surface area contributed by atoms with Gasteiger partial charge in [0, 0.05) is 19.5 Å². The maximum absolute atomic E-state index is 11.7. The van der Waals surface area contributed by atoms with E-state index in [1.165, 1.54) is 0 Å². The predicted octanol–water partition coefficient (Wildman–Crippen LogP) is 1.52. The first kappa shape index (κ1) is 13.4. The van der Waals surface area contributed by atoms with E-state index < -0.39 is 11.9 Å². The fourth-order valence-electron chi connectivity index (χ4n) is 2.21. The minimum Gasteiger partial charge on any atom is -0.494 e. The lowest BCUT2D eigenvalue weighted by Crippen LogP contribution is -2.25. The minimum absolute atomic E-state index is 0.0977. The Morgan fingerprint density at radius 1 is 1.53 bits per heavy atom. The average Bonchev–Trinajstić information content (AvgIpc) is 2.72. The van der Waals surface area contributed by atoms with Gasteiger partial charge in [0.15, 0.2) is 0 Å². The van der Waals surface area contributed by atoms with E-state index in [2.05, 4.69) is 0 Å². The van der Waals surface area contributed by atoms with Gasteiger partial charge in [0.1, 0.15) is 5.75 Å². The number of rotatable bonds is 5. The highest BCUT2D eigenvalue weighted by Crippen LogP contribution is 2.22. The molecule has 5 heteroatoms. The Hall–Kier alpha value is -2.04. The lowest BCUT2D eigenvalue weighted by molar-refractivity contribution is -0.141. The second-order valence-corrected chi connectivity index (χ2v) is 4.59. The molecule has 1 atom stereocenters. The molecule has 0 radical (unpaired) electrons. The molecule has 1 aromatic rings. The van der Waals surface area contributed by atoms with Crippen LogP contribution in [0.3, 0.4) is 0 Å². The molecule has 2 rings (SSSR count). The molecular formula is C14H17NO4. The fraction of sp³-hybridized carbons (Fsp3) is 0.429. The number of nitrogens with zero attached hydrogens (tertiary/aromatic N) is 1. The van der Waals surface area contributed by atoms with Gasteiger partial charge in [-0.15, -0.1) is 0 Å². The second-order valence-electron chi connectivity index (χ2n) is 4.59. The van der Waals surface area contributed by atoms with Crippen molar-refractivity contribution >= 4 is 11.9 Å². The Morgan fingerprint density at radius 2 is 2.32 bits per heavy atom. The summed E-state index contributed by atoms with van der Waals surface area (Å²) in [6.45, 7) is 3.22. The Balaban J connectivity index is 2.03. The number of amides is 1. The van der Waals surface area contributed by atoms with Crippen molar-refractivity contribution < 1.29 is 19.4 Å². The maximum Gasteiger partial charge on any atom is 0.308 e. The summed E-state index contributed by atoms with van der Waals surface area (Å²) in [6.07, 6.45) is 0.0977. The van der Waals surface area contributed by atoms with Gasteiger partial charge in [-0.1, -0.05) is 12.1 Å². The fourth-order valence-corrected chi connectivity index (χ4v) is 2.21. The topological polar surface area (TPSA) is 66.8 Å². The highest BCUT2D eigenvalue weighted by molar-refractivity contribution is 5.86. The first-order valence-electron chi connectivity index (χ1n) is 6.32. The number of carbonyl (C=O) groups excluding carboxylic acids is 1. The summed E-state index contributed by atoms with van der Waals surface area (Å²) in [5, 5.41) is 8.93. The highest BCUT2D eigenvalue weighted by Gasteiger charge is 2.34. The Kier molecular flexibility index (Phi) is 4.04. The highest BCUT2D eigenvalue weighted by atomic mass is 16.5. The number of likely N-dealkylation sites (tertiary alicyclic amines) is 1. The van der Waals surface area contributed by atoms with Gasteiger partial charge in [-0.25, -0.2) is 0 Å². The molecule has 1 fully saturated rings. The van der Waals surface area contributed by atoms with E-state index in [0.29, 0.717) is 13.2 Å². The van der Waals surface area contributed by atoms with Gasteiger partial charge in [0.2, 0.25) is 5.91 Å². The van der Waals surface area contributed by atoms with Crippen LogP contribution in [0.25, 0.3) is 0 Å². The van der Waals surface area contributed by atoms with Crippen LogP contribution in [0.4, 0.5) is 0 Å². The van der Waals surface area contributed by atoms with Crippen LogP contribution in [0.2, 0.25) is 0 Å².